The average molecular weight is 268 g/mol. The Kier molecular flexibility index (Phi) is 4.00. The number of nitrogens with two attached hydrogens (primary N) is 1. The first kappa shape index (κ1) is 12.8. The fourth-order valence-corrected chi connectivity index (χ4v) is 3.40. The van der Waals surface area contributed by atoms with Crippen molar-refractivity contribution in [3.63, 3.8) is 0 Å². The summed E-state index contributed by atoms with van der Waals surface area (Å²) in [5.41, 5.74) is 5.45. The van der Waals surface area contributed by atoms with Gasteiger partial charge in [-0.1, -0.05) is 23.2 Å². The van der Waals surface area contributed by atoms with E-state index in [-0.39, 0.29) is 15.7 Å². The van der Waals surface area contributed by atoms with Gasteiger partial charge in [0.25, 0.3) is 0 Å². The third kappa shape index (κ3) is 3.34. The number of sulfone groups is 1. The predicted octanol–water partition coefficient (Wildman–Crippen LogP) is 2.11. The molecule has 0 aliphatic rings. The third-order valence-corrected chi connectivity index (χ3v) is 4.36. The van der Waals surface area contributed by atoms with Crippen LogP contribution in [-0.2, 0) is 9.84 Å². The molecule has 84 valence electrons. The molecule has 15 heavy (non-hydrogen) atoms. The van der Waals surface area contributed by atoms with Crippen LogP contribution >= 0.6 is 23.2 Å². The SMILES string of the molecule is CC(N)CS(=O)(=O)c1cc(Cl)ccc1Cl. The molecule has 0 spiro atoms. The van der Waals surface area contributed by atoms with E-state index in [2.05, 4.69) is 0 Å². The monoisotopic (exact) mass is 267 g/mol. The maximum atomic E-state index is 11.8. The molecule has 0 aliphatic heterocycles. The Balaban J connectivity index is 3.21. The van der Waals surface area contributed by atoms with E-state index in [0.717, 1.165) is 0 Å². The van der Waals surface area contributed by atoms with Gasteiger partial charge in [0.05, 0.1) is 15.7 Å². The fourth-order valence-electron chi connectivity index (χ4n) is 1.15. The summed E-state index contributed by atoms with van der Waals surface area (Å²) >= 11 is 11.5. The average Bonchev–Trinajstić information content (AvgIpc) is 2.06. The molecule has 1 aromatic carbocycles. The van der Waals surface area contributed by atoms with Gasteiger partial charge in [-0.25, -0.2) is 8.42 Å². The molecule has 1 unspecified atom stereocenters. The topological polar surface area (TPSA) is 60.2 Å². The number of benzene rings is 1. The normalized spacial score (nSPS) is 13.9. The third-order valence-electron chi connectivity index (χ3n) is 1.71. The van der Waals surface area contributed by atoms with E-state index in [9.17, 15) is 8.42 Å². The molecule has 0 bridgehead atoms. The van der Waals surface area contributed by atoms with Crippen LogP contribution in [-0.4, -0.2) is 20.2 Å². The van der Waals surface area contributed by atoms with Gasteiger partial charge < -0.3 is 5.73 Å². The predicted molar refractivity (Wildman–Crippen MR) is 62.2 cm³/mol. The standard InChI is InChI=1S/C9H11Cl2NO2S/c1-6(12)5-15(13,14)9-4-7(10)2-3-8(9)11/h2-4,6H,5,12H2,1H3. The highest BCUT2D eigenvalue weighted by atomic mass is 35.5. The van der Waals surface area contributed by atoms with E-state index < -0.39 is 15.9 Å². The van der Waals surface area contributed by atoms with Gasteiger partial charge in [0.2, 0.25) is 0 Å². The molecule has 1 atom stereocenters. The van der Waals surface area contributed by atoms with Crippen LogP contribution in [0.2, 0.25) is 10.0 Å². The summed E-state index contributed by atoms with van der Waals surface area (Å²) in [5.74, 6) is -0.146. The van der Waals surface area contributed by atoms with Gasteiger partial charge in [-0.05, 0) is 25.1 Å². The zero-order valence-electron chi connectivity index (χ0n) is 8.07. The first-order valence-corrected chi connectivity index (χ1v) is 6.67. The molecule has 1 rings (SSSR count). The van der Waals surface area contributed by atoms with Crippen LogP contribution in [0.25, 0.3) is 0 Å². The fraction of sp³-hybridized carbons (Fsp3) is 0.333. The van der Waals surface area contributed by atoms with Crippen molar-refractivity contribution >= 4 is 33.0 Å². The lowest BCUT2D eigenvalue weighted by Gasteiger charge is -2.08. The summed E-state index contributed by atoms with van der Waals surface area (Å²) in [6, 6.07) is 3.89. The number of hydrogen-bond donors (Lipinski definition) is 1. The maximum absolute atomic E-state index is 11.8. The van der Waals surface area contributed by atoms with E-state index in [0.29, 0.717) is 5.02 Å². The van der Waals surface area contributed by atoms with E-state index in [1.54, 1.807) is 6.92 Å². The lowest BCUT2D eigenvalue weighted by molar-refractivity contribution is 0.590. The molecule has 1 aromatic rings. The van der Waals surface area contributed by atoms with Crippen molar-refractivity contribution in [2.45, 2.75) is 17.9 Å². The lowest BCUT2D eigenvalue weighted by Crippen LogP contribution is -2.26. The molecular formula is C9H11Cl2NO2S. The van der Waals surface area contributed by atoms with Crippen LogP contribution in [0.3, 0.4) is 0 Å². The molecule has 2 N–H and O–H groups in total. The van der Waals surface area contributed by atoms with Gasteiger partial charge in [0.1, 0.15) is 0 Å². The molecule has 0 aliphatic carbocycles. The Morgan fingerprint density at radius 3 is 2.53 bits per heavy atom. The molecule has 0 saturated carbocycles. The molecule has 0 saturated heterocycles. The molecule has 0 radical (unpaired) electrons. The first-order chi connectivity index (χ1) is 6.83. The smallest absolute Gasteiger partial charge is 0.181 e. The molecule has 0 aromatic heterocycles. The van der Waals surface area contributed by atoms with Gasteiger partial charge >= 0.3 is 0 Å². The zero-order valence-corrected chi connectivity index (χ0v) is 10.4. The van der Waals surface area contributed by atoms with E-state index in [1.807, 2.05) is 0 Å². The van der Waals surface area contributed by atoms with E-state index in [4.69, 9.17) is 28.9 Å². The quantitative estimate of drug-likeness (QED) is 0.913. The second-order valence-electron chi connectivity index (χ2n) is 3.33. The number of halogens is 2. The largest absolute Gasteiger partial charge is 0.327 e. The second-order valence-corrected chi connectivity index (χ2v) is 6.18. The van der Waals surface area contributed by atoms with Gasteiger partial charge in [0.15, 0.2) is 9.84 Å². The molecular weight excluding hydrogens is 257 g/mol. The highest BCUT2D eigenvalue weighted by molar-refractivity contribution is 7.91. The van der Waals surface area contributed by atoms with E-state index in [1.165, 1.54) is 18.2 Å². The van der Waals surface area contributed by atoms with Gasteiger partial charge in [-0.3, -0.25) is 0 Å². The molecule has 0 fully saturated rings. The van der Waals surface area contributed by atoms with E-state index >= 15 is 0 Å². The van der Waals surface area contributed by atoms with Crippen LogP contribution in [0.4, 0.5) is 0 Å². The number of hydrogen-bond acceptors (Lipinski definition) is 3. The van der Waals surface area contributed by atoms with Crippen LogP contribution < -0.4 is 5.73 Å². The Labute approximate surface area is 99.1 Å². The summed E-state index contributed by atoms with van der Waals surface area (Å²) in [5, 5.41) is 0.502. The Hall–Kier alpha value is -0.290. The molecule has 0 amide bonds. The number of rotatable bonds is 3. The minimum Gasteiger partial charge on any atom is -0.327 e. The van der Waals surface area contributed by atoms with Crippen molar-refractivity contribution in [1.29, 1.82) is 0 Å². The van der Waals surface area contributed by atoms with Crippen molar-refractivity contribution in [2.24, 2.45) is 5.73 Å². The van der Waals surface area contributed by atoms with Crippen molar-refractivity contribution in [3.8, 4) is 0 Å². The summed E-state index contributed by atoms with van der Waals surface area (Å²) in [6.45, 7) is 1.62. The van der Waals surface area contributed by atoms with Crippen LogP contribution in [0.1, 0.15) is 6.92 Å². The van der Waals surface area contributed by atoms with Crippen molar-refractivity contribution in [2.75, 3.05) is 5.75 Å². The van der Waals surface area contributed by atoms with Crippen molar-refractivity contribution in [1.82, 2.24) is 0 Å². The Bertz CT molecular complexity index is 457. The van der Waals surface area contributed by atoms with Crippen LogP contribution in [0.15, 0.2) is 23.1 Å². The highest BCUT2D eigenvalue weighted by Crippen LogP contribution is 2.25. The minimum atomic E-state index is -3.45. The van der Waals surface area contributed by atoms with Crippen molar-refractivity contribution < 1.29 is 8.42 Å². The summed E-state index contributed by atoms with van der Waals surface area (Å²) < 4.78 is 23.6. The first-order valence-electron chi connectivity index (χ1n) is 4.26. The molecule has 6 heteroatoms. The summed E-state index contributed by atoms with van der Waals surface area (Å²) in [7, 11) is -3.45. The summed E-state index contributed by atoms with van der Waals surface area (Å²) in [4.78, 5) is 0.0361. The molecule has 3 nitrogen and oxygen atoms in total. The second kappa shape index (κ2) is 4.70. The molecule has 0 heterocycles. The maximum Gasteiger partial charge on any atom is 0.181 e. The van der Waals surface area contributed by atoms with Crippen LogP contribution in [0, 0.1) is 0 Å². The Morgan fingerprint density at radius 1 is 1.40 bits per heavy atom. The summed E-state index contributed by atoms with van der Waals surface area (Å²) in [6.07, 6.45) is 0. The minimum absolute atomic E-state index is 0.0361. The Morgan fingerprint density at radius 2 is 2.00 bits per heavy atom. The highest BCUT2D eigenvalue weighted by Gasteiger charge is 2.20. The lowest BCUT2D eigenvalue weighted by atomic mass is 10.4. The van der Waals surface area contributed by atoms with Gasteiger partial charge in [-0.15, -0.1) is 0 Å². The van der Waals surface area contributed by atoms with Crippen LogP contribution in [0.5, 0.6) is 0 Å². The zero-order chi connectivity index (χ0) is 11.6. The van der Waals surface area contributed by atoms with Gasteiger partial charge in [-0.2, -0.15) is 0 Å². The van der Waals surface area contributed by atoms with Gasteiger partial charge in [0, 0.05) is 11.1 Å². The van der Waals surface area contributed by atoms with Crippen molar-refractivity contribution in [3.05, 3.63) is 28.2 Å².